The molecule has 1 aromatic heterocycles. The summed E-state index contributed by atoms with van der Waals surface area (Å²) >= 11 is 7.16. The minimum absolute atomic E-state index is 0.268. The van der Waals surface area contributed by atoms with Gasteiger partial charge < -0.3 is 9.88 Å². The molecule has 1 fully saturated rings. The molecule has 30 heavy (non-hydrogen) atoms. The maximum atomic E-state index is 12.4. The van der Waals surface area contributed by atoms with Gasteiger partial charge in [0, 0.05) is 27.7 Å². The molecule has 2 aromatic carbocycles. The first-order valence-electron chi connectivity index (χ1n) is 9.26. The van der Waals surface area contributed by atoms with Crippen molar-refractivity contribution in [3.63, 3.8) is 0 Å². The first-order valence-corrected chi connectivity index (χ1v) is 10.5. The minimum Gasteiger partial charge on any atom is -0.318 e. The van der Waals surface area contributed by atoms with Crippen LogP contribution >= 0.6 is 23.4 Å². The molecule has 1 aliphatic heterocycles. The maximum absolute atomic E-state index is 12.4. The Hall–Kier alpha value is -3.09. The Morgan fingerprint density at radius 2 is 1.80 bits per heavy atom. The molecule has 0 saturated carbocycles. The van der Waals surface area contributed by atoms with Crippen LogP contribution in [-0.4, -0.2) is 21.5 Å². The summed E-state index contributed by atoms with van der Waals surface area (Å²) in [6.07, 6.45) is 1.82. The van der Waals surface area contributed by atoms with Gasteiger partial charge in [0.2, 0.25) is 0 Å². The first kappa shape index (κ1) is 20.2. The average Bonchev–Trinajstić information content (AvgIpc) is 3.21. The van der Waals surface area contributed by atoms with Crippen LogP contribution in [0.4, 0.5) is 0 Å². The van der Waals surface area contributed by atoms with E-state index in [9.17, 15) is 9.59 Å². The van der Waals surface area contributed by atoms with Crippen LogP contribution in [0.25, 0.3) is 11.8 Å². The number of rotatable bonds is 3. The summed E-state index contributed by atoms with van der Waals surface area (Å²) in [5.41, 5.74) is 4.44. The van der Waals surface area contributed by atoms with Gasteiger partial charge in [-0.3, -0.25) is 9.59 Å². The number of benzene rings is 2. The van der Waals surface area contributed by atoms with E-state index in [4.69, 9.17) is 11.6 Å². The summed E-state index contributed by atoms with van der Waals surface area (Å²) in [4.78, 5) is 29.2. The third kappa shape index (κ3) is 4.10. The van der Waals surface area contributed by atoms with E-state index >= 15 is 0 Å². The summed E-state index contributed by atoms with van der Waals surface area (Å²) in [6.45, 7) is 4.01. The van der Waals surface area contributed by atoms with Gasteiger partial charge in [0.15, 0.2) is 5.17 Å². The van der Waals surface area contributed by atoms with E-state index < -0.39 is 0 Å². The summed E-state index contributed by atoms with van der Waals surface area (Å²) < 4.78 is 2.11. The Morgan fingerprint density at radius 1 is 1.10 bits per heavy atom. The molecule has 0 aliphatic carbocycles. The van der Waals surface area contributed by atoms with E-state index in [-0.39, 0.29) is 17.0 Å². The van der Waals surface area contributed by atoms with Crippen molar-refractivity contribution in [2.24, 2.45) is 4.99 Å². The van der Waals surface area contributed by atoms with Crippen molar-refractivity contribution in [1.82, 2.24) is 9.88 Å². The van der Waals surface area contributed by atoms with E-state index in [2.05, 4.69) is 14.9 Å². The van der Waals surface area contributed by atoms with Crippen LogP contribution in [-0.2, 0) is 4.79 Å². The van der Waals surface area contributed by atoms with Crippen molar-refractivity contribution in [3.05, 3.63) is 93.1 Å². The largest absolute Gasteiger partial charge is 0.318 e. The molecular weight excluding hydrogens is 418 g/mol. The van der Waals surface area contributed by atoms with Gasteiger partial charge in [0.25, 0.3) is 11.8 Å². The van der Waals surface area contributed by atoms with Crippen molar-refractivity contribution in [2.45, 2.75) is 13.8 Å². The number of aliphatic imine (C=N–C) groups is 1. The fourth-order valence-corrected chi connectivity index (χ4v) is 4.22. The highest BCUT2D eigenvalue weighted by Crippen LogP contribution is 2.29. The first-order chi connectivity index (χ1) is 14.4. The third-order valence-corrected chi connectivity index (χ3v) is 5.88. The molecule has 1 aliphatic rings. The molecule has 3 aromatic rings. The zero-order chi connectivity index (χ0) is 21.3. The fourth-order valence-electron chi connectivity index (χ4n) is 3.28. The Kier molecular flexibility index (Phi) is 5.61. The molecule has 7 heteroatoms. The standard InChI is InChI=1S/C23H18ClN3O2S/c1-14-12-17(15(2)27(14)19-10-8-18(24)9-11-19)13-20-22(29)26-23(30-20)25-21(28)16-6-4-3-5-7-16/h3-13H,1-2H3,(H,25,26,28,29)/b20-13-. The molecule has 4 rings (SSSR count). The Morgan fingerprint density at radius 3 is 2.50 bits per heavy atom. The van der Waals surface area contributed by atoms with Crippen LogP contribution < -0.4 is 5.32 Å². The normalized spacial score (nSPS) is 16.3. The molecule has 0 radical (unpaired) electrons. The molecule has 150 valence electrons. The van der Waals surface area contributed by atoms with Crippen molar-refractivity contribution in [3.8, 4) is 5.69 Å². The molecule has 0 spiro atoms. The second-order valence-electron chi connectivity index (χ2n) is 6.79. The molecule has 0 unspecified atom stereocenters. The number of nitrogens with one attached hydrogen (secondary N) is 1. The van der Waals surface area contributed by atoms with Crippen molar-refractivity contribution in [1.29, 1.82) is 0 Å². The highest BCUT2D eigenvalue weighted by Gasteiger charge is 2.25. The molecule has 1 saturated heterocycles. The number of halogens is 1. The minimum atomic E-state index is -0.388. The van der Waals surface area contributed by atoms with Crippen molar-refractivity contribution >= 4 is 46.4 Å². The van der Waals surface area contributed by atoms with Gasteiger partial charge in [0.1, 0.15) is 0 Å². The number of carbonyl (C=O) groups excluding carboxylic acids is 2. The Balaban J connectivity index is 1.60. The summed E-state index contributed by atoms with van der Waals surface area (Å²) in [5.74, 6) is -0.656. The Labute approximate surface area is 183 Å². The number of aromatic nitrogens is 1. The number of amides is 2. The van der Waals surface area contributed by atoms with Crippen LogP contribution in [0, 0.1) is 13.8 Å². The second kappa shape index (κ2) is 8.34. The predicted molar refractivity (Wildman–Crippen MR) is 122 cm³/mol. The smallest absolute Gasteiger partial charge is 0.279 e. The second-order valence-corrected chi connectivity index (χ2v) is 8.26. The van der Waals surface area contributed by atoms with Crippen LogP contribution in [0.15, 0.2) is 70.6 Å². The van der Waals surface area contributed by atoms with E-state index in [1.165, 1.54) is 0 Å². The summed E-state index contributed by atoms with van der Waals surface area (Å²) in [7, 11) is 0. The fraction of sp³-hybridized carbons (Fsp3) is 0.0870. The molecule has 1 N–H and O–H groups in total. The number of thioether (sulfide) groups is 1. The van der Waals surface area contributed by atoms with E-state index in [1.54, 1.807) is 24.3 Å². The van der Waals surface area contributed by atoms with Gasteiger partial charge in [-0.1, -0.05) is 29.8 Å². The topological polar surface area (TPSA) is 63.5 Å². The number of hydrogen-bond donors (Lipinski definition) is 1. The van der Waals surface area contributed by atoms with E-state index in [0.717, 1.165) is 34.4 Å². The zero-order valence-electron chi connectivity index (χ0n) is 16.3. The highest BCUT2D eigenvalue weighted by molar-refractivity contribution is 8.18. The zero-order valence-corrected chi connectivity index (χ0v) is 17.9. The monoisotopic (exact) mass is 435 g/mol. The number of aryl methyl sites for hydroxylation is 1. The molecular formula is C23H18ClN3O2S. The van der Waals surface area contributed by atoms with Crippen molar-refractivity contribution < 1.29 is 9.59 Å². The van der Waals surface area contributed by atoms with Crippen LogP contribution in [0.2, 0.25) is 5.02 Å². The lowest BCUT2D eigenvalue weighted by atomic mass is 10.2. The third-order valence-electron chi connectivity index (χ3n) is 4.72. The molecule has 2 heterocycles. The molecule has 5 nitrogen and oxygen atoms in total. The quantitative estimate of drug-likeness (QED) is 0.579. The Bertz CT molecular complexity index is 1200. The maximum Gasteiger partial charge on any atom is 0.279 e. The lowest BCUT2D eigenvalue weighted by Gasteiger charge is -2.09. The molecule has 0 atom stereocenters. The lowest BCUT2D eigenvalue weighted by Crippen LogP contribution is -2.20. The SMILES string of the molecule is Cc1cc(/C=C2\SC(=NC(=O)c3ccccc3)NC2=O)c(C)n1-c1ccc(Cl)cc1. The van der Waals surface area contributed by atoms with Crippen LogP contribution in [0.1, 0.15) is 27.3 Å². The van der Waals surface area contributed by atoms with E-state index in [1.807, 2.05) is 56.3 Å². The van der Waals surface area contributed by atoms with Gasteiger partial charge >= 0.3 is 0 Å². The van der Waals surface area contributed by atoms with Gasteiger partial charge in [-0.15, -0.1) is 0 Å². The predicted octanol–water partition coefficient (Wildman–Crippen LogP) is 5.15. The van der Waals surface area contributed by atoms with E-state index in [0.29, 0.717) is 15.5 Å². The number of amidine groups is 1. The number of carbonyl (C=O) groups is 2. The summed E-state index contributed by atoms with van der Waals surface area (Å²) in [5, 5.41) is 3.63. The van der Waals surface area contributed by atoms with Gasteiger partial charge in [-0.05, 0) is 79.7 Å². The number of hydrogen-bond acceptors (Lipinski definition) is 3. The number of nitrogens with zero attached hydrogens (tertiary/aromatic N) is 2. The van der Waals surface area contributed by atoms with Gasteiger partial charge in [0.05, 0.1) is 4.91 Å². The molecule has 0 bridgehead atoms. The van der Waals surface area contributed by atoms with Crippen molar-refractivity contribution in [2.75, 3.05) is 0 Å². The lowest BCUT2D eigenvalue weighted by molar-refractivity contribution is -0.115. The summed E-state index contributed by atoms with van der Waals surface area (Å²) in [6, 6.07) is 18.4. The average molecular weight is 436 g/mol. The molecule has 2 amide bonds. The van der Waals surface area contributed by atoms with Gasteiger partial charge in [-0.25, -0.2) is 0 Å². The highest BCUT2D eigenvalue weighted by atomic mass is 35.5. The van der Waals surface area contributed by atoms with Gasteiger partial charge in [-0.2, -0.15) is 4.99 Å². The van der Waals surface area contributed by atoms with Crippen LogP contribution in [0.5, 0.6) is 0 Å². The van der Waals surface area contributed by atoms with Crippen LogP contribution in [0.3, 0.4) is 0 Å².